The first-order valence-corrected chi connectivity index (χ1v) is 11.6. The normalized spacial score (nSPS) is 10.7. The number of halogens is 1. The molecule has 4 rings (SSSR count). The van der Waals surface area contributed by atoms with Gasteiger partial charge in [-0.15, -0.1) is 0 Å². The predicted octanol–water partition coefficient (Wildman–Crippen LogP) is 5.41. The summed E-state index contributed by atoms with van der Waals surface area (Å²) in [6.07, 6.45) is 0.00931. The number of carbonyl (C=O) groups excluding carboxylic acids is 1. The Bertz CT molecular complexity index is 1280. The number of likely N-dealkylation sites (N-methyl/N-ethyl adjacent to an activating group) is 1. The van der Waals surface area contributed by atoms with Crippen LogP contribution in [0.5, 0.6) is 11.5 Å². The molecule has 0 aliphatic heterocycles. The Morgan fingerprint density at radius 3 is 2.17 bits per heavy atom. The molecule has 0 bridgehead atoms. The average Bonchev–Trinajstić information content (AvgIpc) is 3.23. The van der Waals surface area contributed by atoms with E-state index in [2.05, 4.69) is 10.5 Å². The predicted molar refractivity (Wildman–Crippen MR) is 135 cm³/mol. The first-order valence-electron chi connectivity index (χ1n) is 11.2. The fraction of sp³-hybridized carbons (Fsp3) is 0.185. The Morgan fingerprint density at radius 1 is 0.971 bits per heavy atom. The van der Waals surface area contributed by atoms with E-state index >= 15 is 0 Å². The van der Waals surface area contributed by atoms with Crippen molar-refractivity contribution < 1.29 is 18.8 Å². The summed E-state index contributed by atoms with van der Waals surface area (Å²) >= 11 is 6.57. The van der Waals surface area contributed by atoms with Crippen molar-refractivity contribution in [2.45, 2.75) is 26.6 Å². The highest BCUT2D eigenvalue weighted by Gasteiger charge is 2.22. The molecular weight excluding hydrogens is 466 g/mol. The fourth-order valence-corrected chi connectivity index (χ4v) is 3.69. The van der Waals surface area contributed by atoms with E-state index in [0.29, 0.717) is 47.5 Å². The number of aromatic nitrogens is 1. The highest BCUT2D eigenvalue weighted by molar-refractivity contribution is 6.32. The highest BCUT2D eigenvalue weighted by atomic mass is 35.5. The number of nitrogens with one attached hydrogen (secondary N) is 1. The first-order chi connectivity index (χ1) is 17.0. The van der Waals surface area contributed by atoms with E-state index in [1.54, 1.807) is 12.1 Å². The van der Waals surface area contributed by atoms with Crippen LogP contribution in [0, 0.1) is 0 Å². The quantitative estimate of drug-likeness (QED) is 0.307. The minimum atomic E-state index is -0.192. The Kier molecular flexibility index (Phi) is 7.90. The second kappa shape index (κ2) is 11.4. The summed E-state index contributed by atoms with van der Waals surface area (Å²) in [6, 6.07) is 22.9. The van der Waals surface area contributed by atoms with Gasteiger partial charge < -0.3 is 25.0 Å². The van der Waals surface area contributed by atoms with Crippen molar-refractivity contribution in [2.24, 2.45) is 0 Å². The zero-order valence-electron chi connectivity index (χ0n) is 19.3. The van der Waals surface area contributed by atoms with E-state index in [0.717, 1.165) is 11.1 Å². The number of ether oxygens (including phenoxy) is 2. The van der Waals surface area contributed by atoms with E-state index in [4.69, 9.17) is 31.3 Å². The molecule has 0 saturated heterocycles. The molecule has 1 heterocycles. The molecule has 7 nitrogen and oxygen atoms in total. The third-order valence-corrected chi connectivity index (χ3v) is 5.55. The van der Waals surface area contributed by atoms with Crippen LogP contribution in [0.4, 0.5) is 5.69 Å². The number of nitrogens with two attached hydrogens (primary N) is 1. The number of amides is 1. The topological polar surface area (TPSA) is 99.6 Å². The molecule has 180 valence electrons. The second-order valence-electron chi connectivity index (χ2n) is 7.83. The van der Waals surface area contributed by atoms with Crippen LogP contribution >= 0.6 is 11.6 Å². The van der Waals surface area contributed by atoms with Crippen molar-refractivity contribution in [1.82, 2.24) is 10.5 Å². The molecule has 0 fully saturated rings. The third kappa shape index (κ3) is 6.13. The van der Waals surface area contributed by atoms with Gasteiger partial charge in [-0.1, -0.05) is 77.4 Å². The van der Waals surface area contributed by atoms with Gasteiger partial charge in [-0.3, -0.25) is 4.79 Å². The largest absolute Gasteiger partial charge is 0.488 e. The molecule has 0 aliphatic carbocycles. The van der Waals surface area contributed by atoms with E-state index in [1.807, 2.05) is 67.6 Å². The van der Waals surface area contributed by atoms with Crippen LogP contribution in [0.25, 0.3) is 11.3 Å². The first kappa shape index (κ1) is 24.2. The van der Waals surface area contributed by atoms with Gasteiger partial charge >= 0.3 is 0 Å². The van der Waals surface area contributed by atoms with Crippen molar-refractivity contribution in [3.63, 3.8) is 0 Å². The molecule has 0 spiro atoms. The lowest BCUT2D eigenvalue weighted by Crippen LogP contribution is -2.24. The molecule has 35 heavy (non-hydrogen) atoms. The number of hydrogen-bond acceptors (Lipinski definition) is 6. The van der Waals surface area contributed by atoms with Crippen molar-refractivity contribution in [1.29, 1.82) is 0 Å². The number of nitrogens with zero attached hydrogens (tertiary/aromatic N) is 1. The molecule has 3 aromatic carbocycles. The zero-order chi connectivity index (χ0) is 24.6. The Hall–Kier alpha value is -3.97. The number of rotatable bonds is 10. The van der Waals surface area contributed by atoms with E-state index in [1.165, 1.54) is 0 Å². The molecule has 0 atom stereocenters. The standard InChI is InChI=1S/C27H26ClN3O4/c1-2-30-25(32)14-22-26(29)27(35-31-22)20-13-21(28)24(34-17-19-11-7-4-8-12-19)15-23(20)33-16-18-9-5-3-6-10-18/h3-13,15H,2,14,16-17,29H2,1H3,(H,30,32). The number of benzene rings is 3. The van der Waals surface area contributed by atoms with Crippen LogP contribution in [-0.4, -0.2) is 17.6 Å². The summed E-state index contributed by atoms with van der Waals surface area (Å²) in [4.78, 5) is 12.0. The maximum absolute atomic E-state index is 12.0. The van der Waals surface area contributed by atoms with Crippen molar-refractivity contribution in [3.05, 3.63) is 94.6 Å². The fourth-order valence-electron chi connectivity index (χ4n) is 3.48. The zero-order valence-corrected chi connectivity index (χ0v) is 20.0. The van der Waals surface area contributed by atoms with Crippen LogP contribution < -0.4 is 20.5 Å². The summed E-state index contributed by atoms with van der Waals surface area (Å²) in [5.41, 5.74) is 9.43. The minimum Gasteiger partial charge on any atom is -0.488 e. The lowest BCUT2D eigenvalue weighted by Gasteiger charge is -2.15. The summed E-state index contributed by atoms with van der Waals surface area (Å²) in [5.74, 6) is 1.02. The molecule has 4 aromatic rings. The minimum absolute atomic E-state index is 0.00931. The Balaban J connectivity index is 1.65. The van der Waals surface area contributed by atoms with Gasteiger partial charge in [-0.2, -0.15) is 0 Å². The smallest absolute Gasteiger partial charge is 0.226 e. The summed E-state index contributed by atoms with van der Waals surface area (Å²) in [7, 11) is 0. The molecule has 0 radical (unpaired) electrons. The number of carbonyl (C=O) groups is 1. The van der Waals surface area contributed by atoms with Gasteiger partial charge in [0.1, 0.15) is 36.1 Å². The van der Waals surface area contributed by atoms with Crippen molar-refractivity contribution >= 4 is 23.2 Å². The van der Waals surface area contributed by atoms with Gasteiger partial charge in [0.2, 0.25) is 5.91 Å². The molecule has 3 N–H and O–H groups in total. The SMILES string of the molecule is CCNC(=O)Cc1noc(-c2cc(Cl)c(OCc3ccccc3)cc2OCc2ccccc2)c1N. The van der Waals surface area contributed by atoms with E-state index in [9.17, 15) is 4.79 Å². The van der Waals surface area contributed by atoms with Crippen LogP contribution in [0.3, 0.4) is 0 Å². The second-order valence-corrected chi connectivity index (χ2v) is 8.24. The summed E-state index contributed by atoms with van der Waals surface area (Å²) in [5, 5.41) is 7.10. The Labute approximate surface area is 208 Å². The Morgan fingerprint density at radius 2 is 1.57 bits per heavy atom. The molecule has 0 saturated carbocycles. The van der Waals surface area contributed by atoms with Crippen LogP contribution in [-0.2, 0) is 24.4 Å². The maximum Gasteiger partial charge on any atom is 0.226 e. The third-order valence-electron chi connectivity index (χ3n) is 5.26. The molecule has 1 aromatic heterocycles. The lowest BCUT2D eigenvalue weighted by atomic mass is 10.1. The van der Waals surface area contributed by atoms with Gasteiger partial charge in [0, 0.05) is 12.6 Å². The maximum atomic E-state index is 12.0. The number of nitrogen functional groups attached to an aromatic ring is 1. The van der Waals surface area contributed by atoms with Crippen molar-refractivity contribution in [3.8, 4) is 22.8 Å². The number of anilines is 1. The van der Waals surface area contributed by atoms with E-state index in [-0.39, 0.29) is 23.8 Å². The lowest BCUT2D eigenvalue weighted by molar-refractivity contribution is -0.120. The van der Waals surface area contributed by atoms with Crippen LogP contribution in [0.1, 0.15) is 23.7 Å². The number of hydrogen-bond donors (Lipinski definition) is 2. The van der Waals surface area contributed by atoms with Gasteiger partial charge in [0.15, 0.2) is 5.76 Å². The molecule has 0 aliphatic rings. The summed E-state index contributed by atoms with van der Waals surface area (Å²) in [6.45, 7) is 3.02. The molecule has 1 amide bonds. The van der Waals surface area contributed by atoms with Gasteiger partial charge in [-0.05, 0) is 24.1 Å². The van der Waals surface area contributed by atoms with E-state index < -0.39 is 0 Å². The molecular formula is C27H26ClN3O4. The monoisotopic (exact) mass is 491 g/mol. The highest BCUT2D eigenvalue weighted by Crippen LogP contribution is 2.42. The van der Waals surface area contributed by atoms with Gasteiger partial charge in [0.05, 0.1) is 17.0 Å². The molecule has 8 heteroatoms. The van der Waals surface area contributed by atoms with Crippen LogP contribution in [0.15, 0.2) is 77.3 Å². The van der Waals surface area contributed by atoms with Gasteiger partial charge in [0.25, 0.3) is 0 Å². The molecule has 0 unspecified atom stereocenters. The van der Waals surface area contributed by atoms with Crippen LogP contribution in [0.2, 0.25) is 5.02 Å². The average molecular weight is 492 g/mol. The summed E-state index contributed by atoms with van der Waals surface area (Å²) < 4.78 is 17.7. The van der Waals surface area contributed by atoms with Crippen molar-refractivity contribution in [2.75, 3.05) is 12.3 Å². The van der Waals surface area contributed by atoms with Gasteiger partial charge in [-0.25, -0.2) is 0 Å².